The van der Waals surface area contributed by atoms with Crippen LogP contribution in [0, 0.1) is 6.92 Å². The quantitative estimate of drug-likeness (QED) is 0.496. The first-order chi connectivity index (χ1) is 11.8. The highest BCUT2D eigenvalue weighted by atomic mass is 28.3. The third-order valence-electron chi connectivity index (χ3n) is 7.66. The zero-order valence-corrected chi connectivity index (χ0v) is 21.1. The first-order valence-corrected chi connectivity index (χ1v) is 16.4. The fraction of sp³-hybridized carbons (Fsp3) is 0.583. The van der Waals surface area contributed by atoms with Crippen molar-refractivity contribution >= 4 is 26.5 Å². The van der Waals surface area contributed by atoms with Gasteiger partial charge >= 0.3 is 0 Å². The lowest BCUT2D eigenvalue weighted by molar-refractivity contribution is 0.763. The second-order valence-corrected chi connectivity index (χ2v) is 20.2. The summed E-state index contributed by atoms with van der Waals surface area (Å²) in [5.74, 6) is 0. The van der Waals surface area contributed by atoms with Gasteiger partial charge in [0.2, 0.25) is 0 Å². The molecule has 0 heterocycles. The Bertz CT molecular complexity index is 763. The van der Waals surface area contributed by atoms with Crippen LogP contribution in [0.4, 0.5) is 0 Å². The molecule has 1 aliphatic rings. The number of hydrogen-bond acceptors (Lipinski definition) is 0. The van der Waals surface area contributed by atoms with Crippen molar-refractivity contribution in [2.75, 3.05) is 0 Å². The molecule has 0 saturated carbocycles. The first-order valence-electron chi connectivity index (χ1n) is 10.3. The standard InChI is InChI=1S/C24H40Si2/c1-12-19(4)26(11,24(7)16-18(3)20(5)21(24)6)23-14-17(2)13-22(15-23)25(8,9)10/h13-16,19H,12H2,1-11H3. The first kappa shape index (κ1) is 21.4. The summed E-state index contributed by atoms with van der Waals surface area (Å²) in [4.78, 5) is 0. The third-order valence-corrected chi connectivity index (χ3v) is 16.2. The zero-order valence-electron chi connectivity index (χ0n) is 19.1. The van der Waals surface area contributed by atoms with Crippen LogP contribution < -0.4 is 10.4 Å². The molecule has 3 atom stereocenters. The molecular formula is C24H40Si2. The molecule has 0 fully saturated rings. The van der Waals surface area contributed by atoms with Crippen LogP contribution in [0.25, 0.3) is 0 Å². The van der Waals surface area contributed by atoms with Crippen LogP contribution in [0.5, 0.6) is 0 Å². The Kier molecular flexibility index (Phi) is 5.72. The zero-order chi connectivity index (χ0) is 20.1. The molecule has 144 valence electrons. The predicted octanol–water partition coefficient (Wildman–Crippen LogP) is 6.68. The second-order valence-electron chi connectivity index (χ2n) is 10.1. The molecule has 0 saturated heterocycles. The van der Waals surface area contributed by atoms with E-state index in [2.05, 4.69) is 98.9 Å². The van der Waals surface area contributed by atoms with E-state index in [1.807, 2.05) is 0 Å². The molecule has 2 rings (SSSR count). The largest absolute Gasteiger partial charge is 0.100 e. The highest BCUT2D eigenvalue weighted by Crippen LogP contribution is 2.56. The Morgan fingerprint density at radius 3 is 1.88 bits per heavy atom. The van der Waals surface area contributed by atoms with Crippen molar-refractivity contribution in [3.63, 3.8) is 0 Å². The highest BCUT2D eigenvalue weighted by molar-refractivity contribution is 6.96. The van der Waals surface area contributed by atoms with Crippen LogP contribution in [0.3, 0.4) is 0 Å². The van der Waals surface area contributed by atoms with Gasteiger partial charge in [0.05, 0.1) is 8.07 Å². The third kappa shape index (κ3) is 3.24. The van der Waals surface area contributed by atoms with Crippen molar-refractivity contribution in [1.29, 1.82) is 0 Å². The molecule has 0 aromatic heterocycles. The van der Waals surface area contributed by atoms with Crippen LogP contribution in [-0.4, -0.2) is 16.1 Å². The summed E-state index contributed by atoms with van der Waals surface area (Å²) in [6.45, 7) is 26.8. The molecule has 3 unspecified atom stereocenters. The molecule has 1 aromatic carbocycles. The molecule has 0 amide bonds. The van der Waals surface area contributed by atoms with Gasteiger partial charge in [-0.25, -0.2) is 0 Å². The number of rotatable bonds is 5. The van der Waals surface area contributed by atoms with Crippen LogP contribution >= 0.6 is 0 Å². The average molecular weight is 385 g/mol. The predicted molar refractivity (Wildman–Crippen MR) is 126 cm³/mol. The summed E-state index contributed by atoms with van der Waals surface area (Å²) in [6, 6.07) is 7.59. The summed E-state index contributed by atoms with van der Waals surface area (Å²) in [5.41, 5.74) is 6.81. The maximum atomic E-state index is 2.66. The van der Waals surface area contributed by atoms with Crippen LogP contribution in [0.1, 0.15) is 53.5 Å². The fourth-order valence-corrected chi connectivity index (χ4v) is 11.8. The molecule has 0 aliphatic heterocycles. The molecule has 1 aliphatic carbocycles. The van der Waals surface area contributed by atoms with E-state index in [9.17, 15) is 0 Å². The van der Waals surface area contributed by atoms with E-state index < -0.39 is 16.1 Å². The van der Waals surface area contributed by atoms with Gasteiger partial charge in [-0.3, -0.25) is 0 Å². The van der Waals surface area contributed by atoms with Gasteiger partial charge in [-0.05, 0) is 38.8 Å². The molecule has 2 heteroatoms. The lowest BCUT2D eigenvalue weighted by Crippen LogP contribution is -2.58. The monoisotopic (exact) mass is 384 g/mol. The fourth-order valence-electron chi connectivity index (χ4n) is 4.89. The minimum absolute atomic E-state index is 0.209. The van der Waals surface area contributed by atoms with Gasteiger partial charge in [0, 0.05) is 5.04 Å². The average Bonchev–Trinajstić information content (AvgIpc) is 2.76. The van der Waals surface area contributed by atoms with Crippen LogP contribution in [0.15, 0.2) is 41.0 Å². The van der Waals surface area contributed by atoms with Crippen molar-refractivity contribution in [2.24, 2.45) is 0 Å². The van der Waals surface area contributed by atoms with E-state index in [0.29, 0.717) is 0 Å². The summed E-state index contributed by atoms with van der Waals surface area (Å²) < 4.78 is 0. The van der Waals surface area contributed by atoms with Gasteiger partial charge in [0.15, 0.2) is 0 Å². The maximum absolute atomic E-state index is 2.66. The van der Waals surface area contributed by atoms with Crippen molar-refractivity contribution in [2.45, 2.75) is 91.7 Å². The molecule has 0 bridgehead atoms. The summed E-state index contributed by atoms with van der Waals surface area (Å²) in [7, 11) is -3.15. The van der Waals surface area contributed by atoms with Crippen LogP contribution in [0.2, 0.25) is 36.8 Å². The van der Waals surface area contributed by atoms with Gasteiger partial charge in [0.25, 0.3) is 0 Å². The van der Waals surface area contributed by atoms with Crippen LogP contribution in [-0.2, 0) is 0 Å². The minimum Gasteiger partial charge on any atom is -0.0737 e. The topological polar surface area (TPSA) is 0 Å². The lowest BCUT2D eigenvalue weighted by Gasteiger charge is -2.48. The van der Waals surface area contributed by atoms with E-state index in [1.54, 1.807) is 15.9 Å². The van der Waals surface area contributed by atoms with Gasteiger partial charge < -0.3 is 0 Å². The Labute approximate surface area is 164 Å². The molecule has 1 aromatic rings. The Morgan fingerprint density at radius 1 is 0.923 bits per heavy atom. The van der Waals surface area contributed by atoms with Crippen molar-refractivity contribution in [3.8, 4) is 0 Å². The normalized spacial score (nSPS) is 24.5. The lowest BCUT2D eigenvalue weighted by atomic mass is 10.0. The minimum atomic E-state index is -1.82. The number of allylic oxidation sites excluding steroid dienone is 4. The molecule has 0 nitrogen and oxygen atoms in total. The van der Waals surface area contributed by atoms with Crippen molar-refractivity contribution < 1.29 is 0 Å². The summed E-state index contributed by atoms with van der Waals surface area (Å²) >= 11 is 0. The SMILES string of the molecule is CCC(C)[Si](C)(c1cc(C)cc([Si](C)(C)C)c1)C1(C)C=C(C)C(C)=C1C. The highest BCUT2D eigenvalue weighted by Gasteiger charge is 2.52. The number of aryl methyl sites for hydroxylation is 1. The van der Waals surface area contributed by atoms with E-state index in [4.69, 9.17) is 0 Å². The second kappa shape index (κ2) is 6.94. The summed E-state index contributed by atoms with van der Waals surface area (Å²) in [6.07, 6.45) is 3.88. The van der Waals surface area contributed by atoms with Crippen molar-refractivity contribution in [3.05, 3.63) is 46.6 Å². The Balaban J connectivity index is 2.81. The van der Waals surface area contributed by atoms with E-state index in [1.165, 1.54) is 23.1 Å². The van der Waals surface area contributed by atoms with E-state index in [-0.39, 0.29) is 5.04 Å². The molecular weight excluding hydrogens is 344 g/mol. The summed E-state index contributed by atoms with van der Waals surface area (Å²) in [5, 5.41) is 3.50. The number of hydrogen-bond donors (Lipinski definition) is 0. The molecule has 0 radical (unpaired) electrons. The Hall–Kier alpha value is -0.866. The smallest absolute Gasteiger partial charge is 0.0737 e. The van der Waals surface area contributed by atoms with Gasteiger partial charge in [-0.1, -0.05) is 105 Å². The van der Waals surface area contributed by atoms with Gasteiger partial charge in [-0.15, -0.1) is 0 Å². The van der Waals surface area contributed by atoms with E-state index >= 15 is 0 Å². The molecule has 26 heavy (non-hydrogen) atoms. The van der Waals surface area contributed by atoms with Gasteiger partial charge in [0.1, 0.15) is 8.07 Å². The maximum Gasteiger partial charge on any atom is 0.100 e. The molecule has 0 spiro atoms. The van der Waals surface area contributed by atoms with Gasteiger partial charge in [-0.2, -0.15) is 0 Å². The van der Waals surface area contributed by atoms with E-state index in [0.717, 1.165) is 5.54 Å². The number of benzene rings is 1. The Morgan fingerprint density at radius 2 is 1.46 bits per heavy atom. The van der Waals surface area contributed by atoms with Crippen molar-refractivity contribution in [1.82, 2.24) is 0 Å². The molecule has 0 N–H and O–H groups in total.